The van der Waals surface area contributed by atoms with Crippen molar-refractivity contribution in [2.45, 2.75) is 6.04 Å². The number of ether oxygens (including phenoxy) is 1. The number of rotatable bonds is 4. The van der Waals surface area contributed by atoms with Crippen LogP contribution in [0.25, 0.3) is 0 Å². The van der Waals surface area contributed by atoms with Crippen molar-refractivity contribution in [3.8, 4) is 5.75 Å². The van der Waals surface area contributed by atoms with Gasteiger partial charge in [0.05, 0.1) is 21.8 Å². The number of thiophene rings is 1. The van der Waals surface area contributed by atoms with Gasteiger partial charge in [0.1, 0.15) is 11.6 Å². The van der Waals surface area contributed by atoms with Crippen molar-refractivity contribution in [1.29, 1.82) is 0 Å². The largest absolute Gasteiger partial charge is 0.497 e. The molecule has 0 saturated carbocycles. The average molecular weight is 321 g/mol. The normalized spacial score (nSPS) is 12.5. The molecule has 0 aliphatic rings. The quantitative estimate of drug-likeness (QED) is 0.666. The number of nitrogens with two attached hydrogens (primary N) is 1. The molecular formula is C12H11Cl2FN2OS. The molecule has 0 spiro atoms. The van der Waals surface area contributed by atoms with Crippen molar-refractivity contribution >= 4 is 34.5 Å². The smallest absolute Gasteiger partial charge is 0.132 e. The molecule has 19 heavy (non-hydrogen) atoms. The SMILES string of the molecule is COc1ccc(C(NN)c2cc(Cl)sc2Cl)c(F)c1. The van der Waals surface area contributed by atoms with E-state index in [9.17, 15) is 4.39 Å². The van der Waals surface area contributed by atoms with Gasteiger partial charge in [-0.2, -0.15) is 0 Å². The second-order valence-electron chi connectivity index (χ2n) is 3.77. The fraction of sp³-hybridized carbons (Fsp3) is 0.167. The molecule has 0 saturated heterocycles. The van der Waals surface area contributed by atoms with Crippen LogP contribution in [0.5, 0.6) is 5.75 Å². The Labute approximate surface area is 124 Å². The molecule has 1 heterocycles. The summed E-state index contributed by atoms with van der Waals surface area (Å²) in [7, 11) is 1.47. The minimum atomic E-state index is -0.567. The van der Waals surface area contributed by atoms with Crippen molar-refractivity contribution in [3.63, 3.8) is 0 Å². The highest BCUT2D eigenvalue weighted by Crippen LogP contribution is 2.38. The zero-order chi connectivity index (χ0) is 14.0. The number of hydrazine groups is 1. The van der Waals surface area contributed by atoms with Crippen LogP contribution in [0.4, 0.5) is 4.39 Å². The third-order valence-corrected chi connectivity index (χ3v) is 4.20. The maximum Gasteiger partial charge on any atom is 0.132 e. The molecule has 3 N–H and O–H groups in total. The van der Waals surface area contributed by atoms with E-state index in [2.05, 4.69) is 5.43 Å². The average Bonchev–Trinajstić information content (AvgIpc) is 2.71. The van der Waals surface area contributed by atoms with E-state index >= 15 is 0 Å². The van der Waals surface area contributed by atoms with E-state index in [-0.39, 0.29) is 0 Å². The number of nitrogens with one attached hydrogen (secondary N) is 1. The van der Waals surface area contributed by atoms with Crippen LogP contribution in [-0.2, 0) is 0 Å². The first kappa shape index (κ1) is 14.6. The molecule has 0 bridgehead atoms. The number of halogens is 3. The third kappa shape index (κ3) is 3.01. The van der Waals surface area contributed by atoms with E-state index in [1.807, 2.05) is 0 Å². The van der Waals surface area contributed by atoms with Crippen LogP contribution >= 0.6 is 34.5 Å². The summed E-state index contributed by atoms with van der Waals surface area (Å²) in [6.45, 7) is 0. The van der Waals surface area contributed by atoms with Crippen LogP contribution in [0.3, 0.4) is 0 Å². The lowest BCUT2D eigenvalue weighted by atomic mass is 10.0. The molecule has 0 fully saturated rings. The molecule has 102 valence electrons. The van der Waals surface area contributed by atoms with Crippen molar-refractivity contribution in [2.75, 3.05) is 7.11 Å². The van der Waals surface area contributed by atoms with Gasteiger partial charge in [-0.05, 0) is 12.1 Å². The van der Waals surface area contributed by atoms with Crippen molar-refractivity contribution in [2.24, 2.45) is 5.84 Å². The van der Waals surface area contributed by atoms with Gasteiger partial charge in [0.25, 0.3) is 0 Å². The molecule has 0 aliphatic heterocycles. The number of hydrogen-bond donors (Lipinski definition) is 2. The van der Waals surface area contributed by atoms with E-state index in [1.165, 1.54) is 24.5 Å². The molecule has 1 unspecified atom stereocenters. The molecule has 3 nitrogen and oxygen atoms in total. The van der Waals surface area contributed by atoms with Gasteiger partial charge in [0.15, 0.2) is 0 Å². The van der Waals surface area contributed by atoms with Crippen LogP contribution in [0.15, 0.2) is 24.3 Å². The lowest BCUT2D eigenvalue weighted by Crippen LogP contribution is -2.29. The van der Waals surface area contributed by atoms with Gasteiger partial charge in [0, 0.05) is 17.2 Å². The monoisotopic (exact) mass is 320 g/mol. The van der Waals surface area contributed by atoms with Crippen LogP contribution in [0, 0.1) is 5.82 Å². The lowest BCUT2D eigenvalue weighted by molar-refractivity contribution is 0.410. The first-order valence-corrected chi connectivity index (χ1v) is 6.88. The van der Waals surface area contributed by atoms with E-state index in [4.69, 9.17) is 33.8 Å². The summed E-state index contributed by atoms with van der Waals surface area (Å²) in [5, 5.41) is 0. The molecule has 0 radical (unpaired) electrons. The molecule has 1 atom stereocenters. The molecule has 2 rings (SSSR count). The van der Waals surface area contributed by atoms with Gasteiger partial charge in [-0.3, -0.25) is 5.84 Å². The van der Waals surface area contributed by atoms with E-state index in [0.717, 1.165) is 0 Å². The highest BCUT2D eigenvalue weighted by atomic mass is 35.5. The molecule has 1 aromatic carbocycles. The Hall–Kier alpha value is -0.850. The third-order valence-electron chi connectivity index (χ3n) is 2.68. The molecular weight excluding hydrogens is 310 g/mol. The van der Waals surface area contributed by atoms with Gasteiger partial charge in [-0.25, -0.2) is 9.82 Å². The zero-order valence-electron chi connectivity index (χ0n) is 9.91. The minimum Gasteiger partial charge on any atom is -0.497 e. The summed E-state index contributed by atoms with van der Waals surface area (Å²) in [5.74, 6) is 5.52. The Morgan fingerprint density at radius 3 is 2.53 bits per heavy atom. The first-order chi connectivity index (χ1) is 9.06. The summed E-state index contributed by atoms with van der Waals surface area (Å²) >= 11 is 13.2. The molecule has 0 amide bonds. The van der Waals surface area contributed by atoms with E-state index in [1.54, 1.807) is 18.2 Å². The second kappa shape index (κ2) is 6.07. The van der Waals surface area contributed by atoms with Crippen LogP contribution in [-0.4, -0.2) is 7.11 Å². The maximum absolute atomic E-state index is 14.1. The zero-order valence-corrected chi connectivity index (χ0v) is 12.2. The predicted molar refractivity (Wildman–Crippen MR) is 76.5 cm³/mol. The fourth-order valence-electron chi connectivity index (χ4n) is 1.77. The Morgan fingerprint density at radius 1 is 1.32 bits per heavy atom. The lowest BCUT2D eigenvalue weighted by Gasteiger charge is -2.17. The van der Waals surface area contributed by atoms with Gasteiger partial charge in [-0.1, -0.05) is 29.3 Å². The summed E-state index contributed by atoms with van der Waals surface area (Å²) in [4.78, 5) is 0. The van der Waals surface area contributed by atoms with Crippen LogP contribution < -0.4 is 16.0 Å². The Balaban J connectivity index is 2.45. The van der Waals surface area contributed by atoms with Crippen LogP contribution in [0.1, 0.15) is 17.2 Å². The number of hydrogen-bond acceptors (Lipinski definition) is 4. The van der Waals surface area contributed by atoms with Gasteiger partial charge in [0.2, 0.25) is 0 Å². The first-order valence-electron chi connectivity index (χ1n) is 5.31. The molecule has 1 aromatic heterocycles. The van der Waals surface area contributed by atoms with Gasteiger partial charge in [-0.15, -0.1) is 11.3 Å². The minimum absolute atomic E-state index is 0.375. The fourth-order valence-corrected chi connectivity index (χ4v) is 3.30. The summed E-state index contributed by atoms with van der Waals surface area (Å²) in [6.07, 6.45) is 0. The summed E-state index contributed by atoms with van der Waals surface area (Å²) in [5.41, 5.74) is 3.57. The Bertz CT molecular complexity index is 591. The van der Waals surface area contributed by atoms with Crippen molar-refractivity contribution in [1.82, 2.24) is 5.43 Å². The van der Waals surface area contributed by atoms with Gasteiger partial charge < -0.3 is 4.74 Å². The predicted octanol–water partition coefficient (Wildman–Crippen LogP) is 3.76. The van der Waals surface area contributed by atoms with Crippen molar-refractivity contribution in [3.05, 3.63) is 49.9 Å². The molecule has 7 heteroatoms. The standard InChI is InChI=1S/C12H11Cl2FN2OS/c1-18-6-2-3-7(9(15)4-6)11(17-16)8-5-10(13)19-12(8)14/h2-5,11,17H,16H2,1H3. The van der Waals surface area contributed by atoms with E-state index in [0.29, 0.717) is 25.5 Å². The Kier molecular flexibility index (Phi) is 4.65. The Morgan fingerprint density at radius 2 is 2.05 bits per heavy atom. The number of benzene rings is 1. The van der Waals surface area contributed by atoms with Crippen molar-refractivity contribution < 1.29 is 9.13 Å². The van der Waals surface area contributed by atoms with Gasteiger partial charge >= 0.3 is 0 Å². The molecule has 0 aliphatic carbocycles. The second-order valence-corrected chi connectivity index (χ2v) is 6.05. The van der Waals surface area contributed by atoms with E-state index < -0.39 is 11.9 Å². The number of methoxy groups -OCH3 is 1. The maximum atomic E-state index is 14.1. The topological polar surface area (TPSA) is 47.3 Å². The highest BCUT2D eigenvalue weighted by Gasteiger charge is 2.21. The summed E-state index contributed by atoms with van der Waals surface area (Å²) in [6, 6.07) is 5.65. The molecule has 2 aromatic rings. The summed E-state index contributed by atoms with van der Waals surface area (Å²) < 4.78 is 20.0. The highest BCUT2D eigenvalue weighted by molar-refractivity contribution is 7.20. The van der Waals surface area contributed by atoms with Crippen LogP contribution in [0.2, 0.25) is 8.67 Å².